The summed E-state index contributed by atoms with van der Waals surface area (Å²) in [6.07, 6.45) is 6.70. The van der Waals surface area contributed by atoms with Crippen molar-refractivity contribution >= 4 is 15.9 Å². The van der Waals surface area contributed by atoms with Gasteiger partial charge >= 0.3 is 0 Å². The summed E-state index contributed by atoms with van der Waals surface area (Å²) in [5.41, 5.74) is 2.01. The van der Waals surface area contributed by atoms with Crippen molar-refractivity contribution in [3.05, 3.63) is 60.8 Å². The summed E-state index contributed by atoms with van der Waals surface area (Å²) in [6.45, 7) is 1.45. The summed E-state index contributed by atoms with van der Waals surface area (Å²) in [7, 11) is -3.64. The van der Waals surface area contributed by atoms with Gasteiger partial charge in [0.1, 0.15) is 5.69 Å². The van der Waals surface area contributed by atoms with E-state index in [0.29, 0.717) is 11.3 Å². The smallest absolute Gasteiger partial charge is 0.266 e. The number of rotatable bonds is 5. The van der Waals surface area contributed by atoms with Gasteiger partial charge in [0.15, 0.2) is 0 Å². The van der Waals surface area contributed by atoms with Crippen molar-refractivity contribution in [2.75, 3.05) is 5.75 Å². The monoisotopic (exact) mass is 357 g/mol. The van der Waals surface area contributed by atoms with E-state index in [2.05, 4.69) is 15.1 Å². The van der Waals surface area contributed by atoms with Crippen molar-refractivity contribution in [3.63, 3.8) is 0 Å². The fraction of sp³-hybridized carbons (Fsp3) is 0.125. The summed E-state index contributed by atoms with van der Waals surface area (Å²) < 4.78 is 26.6. The zero-order valence-corrected chi connectivity index (χ0v) is 14.1. The Morgan fingerprint density at radius 1 is 1.20 bits per heavy atom. The highest BCUT2D eigenvalue weighted by molar-refractivity contribution is 7.90. The molecule has 3 aromatic heterocycles. The largest absolute Gasteiger partial charge is 0.283 e. The first-order valence-corrected chi connectivity index (χ1v) is 9.11. The normalized spacial score (nSPS) is 11.2. The highest BCUT2D eigenvalue weighted by Gasteiger charge is 2.16. The van der Waals surface area contributed by atoms with Crippen LogP contribution in [-0.2, 0) is 10.0 Å². The van der Waals surface area contributed by atoms with Crippen LogP contribution in [0, 0.1) is 0 Å². The standard InChI is InChI=1S/C16H15N5O3S/c1-2-25(23,24)20-16(22)15-7-3-6-14(19-15)12-9-18-21(11-12)13-5-4-8-17-10-13/h3-11H,2H2,1H3,(H,20,22). The Balaban J connectivity index is 1.87. The van der Waals surface area contributed by atoms with E-state index in [4.69, 9.17) is 0 Å². The van der Waals surface area contributed by atoms with Gasteiger partial charge in [0.25, 0.3) is 5.91 Å². The predicted molar refractivity (Wildman–Crippen MR) is 91.5 cm³/mol. The van der Waals surface area contributed by atoms with E-state index in [1.165, 1.54) is 13.0 Å². The highest BCUT2D eigenvalue weighted by atomic mass is 32.2. The molecule has 9 heteroatoms. The first kappa shape index (κ1) is 16.8. The topological polar surface area (TPSA) is 107 Å². The van der Waals surface area contributed by atoms with Crippen LogP contribution in [0.25, 0.3) is 16.9 Å². The molecule has 0 fully saturated rings. The van der Waals surface area contributed by atoms with E-state index in [1.54, 1.807) is 47.7 Å². The third-order valence-corrected chi connectivity index (χ3v) is 4.66. The number of carbonyl (C=O) groups excluding carboxylic acids is 1. The zero-order valence-electron chi connectivity index (χ0n) is 13.3. The second-order valence-corrected chi connectivity index (χ2v) is 7.14. The van der Waals surface area contributed by atoms with Gasteiger partial charge in [0.2, 0.25) is 10.0 Å². The minimum atomic E-state index is -3.64. The molecule has 3 heterocycles. The molecule has 0 aliphatic heterocycles. The van der Waals surface area contributed by atoms with E-state index < -0.39 is 15.9 Å². The average Bonchev–Trinajstić information content (AvgIpc) is 3.12. The average molecular weight is 357 g/mol. The van der Waals surface area contributed by atoms with Crippen molar-refractivity contribution < 1.29 is 13.2 Å². The van der Waals surface area contributed by atoms with Crippen LogP contribution in [0.3, 0.4) is 0 Å². The molecule has 0 spiro atoms. The molecular weight excluding hydrogens is 342 g/mol. The number of aromatic nitrogens is 4. The molecule has 0 bridgehead atoms. The molecule has 0 radical (unpaired) electrons. The lowest BCUT2D eigenvalue weighted by molar-refractivity contribution is 0.0976. The molecule has 3 rings (SSSR count). The fourth-order valence-electron chi connectivity index (χ4n) is 2.07. The molecule has 0 atom stereocenters. The number of nitrogens with one attached hydrogen (secondary N) is 1. The summed E-state index contributed by atoms with van der Waals surface area (Å²) in [4.78, 5) is 20.3. The Morgan fingerprint density at radius 3 is 2.76 bits per heavy atom. The van der Waals surface area contributed by atoms with Gasteiger partial charge in [0.05, 0.1) is 29.5 Å². The summed E-state index contributed by atoms with van der Waals surface area (Å²) >= 11 is 0. The predicted octanol–water partition coefficient (Wildman–Crippen LogP) is 1.41. The van der Waals surface area contributed by atoms with Crippen LogP contribution in [-0.4, -0.2) is 39.8 Å². The quantitative estimate of drug-likeness (QED) is 0.740. The maximum Gasteiger partial charge on any atom is 0.283 e. The minimum absolute atomic E-state index is 0.0173. The highest BCUT2D eigenvalue weighted by Crippen LogP contribution is 2.18. The number of pyridine rings is 2. The van der Waals surface area contributed by atoms with E-state index in [0.717, 1.165) is 5.69 Å². The van der Waals surface area contributed by atoms with Crippen molar-refractivity contribution in [3.8, 4) is 16.9 Å². The molecule has 0 unspecified atom stereocenters. The molecule has 1 amide bonds. The van der Waals surface area contributed by atoms with Gasteiger partial charge in [-0.3, -0.25) is 9.78 Å². The number of hydrogen-bond donors (Lipinski definition) is 1. The van der Waals surface area contributed by atoms with Crippen molar-refractivity contribution in [1.82, 2.24) is 24.5 Å². The van der Waals surface area contributed by atoms with Gasteiger partial charge in [-0.05, 0) is 31.2 Å². The Bertz CT molecular complexity index is 999. The van der Waals surface area contributed by atoms with Gasteiger partial charge in [-0.1, -0.05) is 6.07 Å². The summed E-state index contributed by atoms with van der Waals surface area (Å²) in [5, 5.41) is 4.25. The second kappa shape index (κ2) is 6.81. The van der Waals surface area contributed by atoms with Crippen LogP contribution in [0.2, 0.25) is 0 Å². The Morgan fingerprint density at radius 2 is 2.04 bits per heavy atom. The van der Waals surface area contributed by atoms with Crippen LogP contribution in [0.4, 0.5) is 0 Å². The van der Waals surface area contributed by atoms with E-state index in [-0.39, 0.29) is 11.4 Å². The van der Waals surface area contributed by atoms with E-state index >= 15 is 0 Å². The molecule has 1 N–H and O–H groups in total. The first-order chi connectivity index (χ1) is 12.0. The van der Waals surface area contributed by atoms with E-state index in [9.17, 15) is 13.2 Å². The maximum absolute atomic E-state index is 12.0. The van der Waals surface area contributed by atoms with Gasteiger partial charge in [-0.2, -0.15) is 5.10 Å². The lowest BCUT2D eigenvalue weighted by Crippen LogP contribution is -2.32. The van der Waals surface area contributed by atoms with Crippen LogP contribution < -0.4 is 4.72 Å². The number of nitrogens with zero attached hydrogens (tertiary/aromatic N) is 4. The number of sulfonamides is 1. The van der Waals surface area contributed by atoms with Gasteiger partial charge in [-0.25, -0.2) is 22.8 Å². The fourth-order valence-corrected chi connectivity index (χ4v) is 2.60. The summed E-state index contributed by atoms with van der Waals surface area (Å²) in [6, 6.07) is 8.47. The van der Waals surface area contributed by atoms with Crippen LogP contribution in [0.1, 0.15) is 17.4 Å². The SMILES string of the molecule is CCS(=O)(=O)NC(=O)c1cccc(-c2cnn(-c3cccnc3)c2)n1. The third-order valence-electron chi connectivity index (χ3n) is 3.40. The van der Waals surface area contributed by atoms with Gasteiger partial charge in [0, 0.05) is 18.0 Å². The second-order valence-electron chi connectivity index (χ2n) is 5.13. The van der Waals surface area contributed by atoms with Crippen molar-refractivity contribution in [2.45, 2.75) is 6.92 Å². The summed E-state index contributed by atoms with van der Waals surface area (Å²) in [5.74, 6) is -0.945. The van der Waals surface area contributed by atoms with Crippen molar-refractivity contribution in [1.29, 1.82) is 0 Å². The third kappa shape index (κ3) is 3.89. The zero-order chi connectivity index (χ0) is 17.9. The molecule has 128 valence electrons. The molecule has 0 aliphatic carbocycles. The molecule has 0 aliphatic rings. The minimum Gasteiger partial charge on any atom is -0.266 e. The maximum atomic E-state index is 12.0. The van der Waals surface area contributed by atoms with Crippen molar-refractivity contribution in [2.24, 2.45) is 0 Å². The first-order valence-electron chi connectivity index (χ1n) is 7.46. The molecule has 8 nitrogen and oxygen atoms in total. The molecule has 25 heavy (non-hydrogen) atoms. The molecule has 3 aromatic rings. The van der Waals surface area contributed by atoms with Crippen LogP contribution in [0.15, 0.2) is 55.1 Å². The van der Waals surface area contributed by atoms with E-state index in [1.807, 2.05) is 10.8 Å². The molecular formula is C16H15N5O3S. The molecule has 0 saturated carbocycles. The number of carbonyl (C=O) groups is 1. The number of amides is 1. The van der Waals surface area contributed by atoms with Gasteiger partial charge < -0.3 is 0 Å². The Hall–Kier alpha value is -3.07. The molecule has 0 aromatic carbocycles. The van der Waals surface area contributed by atoms with Crippen LogP contribution >= 0.6 is 0 Å². The number of hydrogen-bond acceptors (Lipinski definition) is 6. The van der Waals surface area contributed by atoms with Crippen LogP contribution in [0.5, 0.6) is 0 Å². The lowest BCUT2D eigenvalue weighted by Gasteiger charge is -2.05. The molecule has 0 saturated heterocycles. The Kier molecular flexibility index (Phi) is 4.57. The Labute approximate surface area is 144 Å². The lowest BCUT2D eigenvalue weighted by atomic mass is 10.2. The van der Waals surface area contributed by atoms with Gasteiger partial charge in [-0.15, -0.1) is 0 Å².